The molecule has 0 aromatic rings. The standard InChI is InChI=1S/C17H33NO/c1-2-3-4-5-6-7-8-9-10-17(19)12-11-16-13-14-18-15-16/h16,18H,2-15H2,1H3. The van der Waals surface area contributed by atoms with Gasteiger partial charge in [0.05, 0.1) is 0 Å². The number of ketones is 1. The monoisotopic (exact) mass is 267 g/mol. The van der Waals surface area contributed by atoms with Crippen LogP contribution in [0.5, 0.6) is 0 Å². The van der Waals surface area contributed by atoms with Crippen LogP contribution in [0.25, 0.3) is 0 Å². The molecule has 1 aliphatic rings. The van der Waals surface area contributed by atoms with Crippen molar-refractivity contribution in [2.24, 2.45) is 5.92 Å². The second-order valence-corrected chi connectivity index (χ2v) is 6.16. The van der Waals surface area contributed by atoms with Gasteiger partial charge in [0.1, 0.15) is 5.78 Å². The van der Waals surface area contributed by atoms with Crippen molar-refractivity contribution in [1.29, 1.82) is 0 Å². The second-order valence-electron chi connectivity index (χ2n) is 6.16. The van der Waals surface area contributed by atoms with Gasteiger partial charge in [-0.1, -0.05) is 51.9 Å². The molecule has 0 radical (unpaired) electrons. The maximum Gasteiger partial charge on any atom is 0.132 e. The molecule has 0 aliphatic carbocycles. The summed E-state index contributed by atoms with van der Waals surface area (Å²) in [7, 11) is 0. The molecule has 0 spiro atoms. The van der Waals surface area contributed by atoms with Crippen LogP contribution in [-0.4, -0.2) is 18.9 Å². The van der Waals surface area contributed by atoms with Gasteiger partial charge in [0.25, 0.3) is 0 Å². The molecule has 112 valence electrons. The van der Waals surface area contributed by atoms with Gasteiger partial charge in [-0.05, 0) is 38.3 Å². The summed E-state index contributed by atoms with van der Waals surface area (Å²) >= 11 is 0. The van der Waals surface area contributed by atoms with Crippen LogP contribution in [0.2, 0.25) is 0 Å². The van der Waals surface area contributed by atoms with Crippen LogP contribution in [0.1, 0.15) is 84.0 Å². The topological polar surface area (TPSA) is 29.1 Å². The molecule has 2 heteroatoms. The predicted octanol–water partition coefficient (Wildman–Crippen LogP) is 4.48. The molecule has 1 aliphatic heterocycles. The first-order valence-electron chi connectivity index (χ1n) is 8.55. The first kappa shape index (κ1) is 16.7. The smallest absolute Gasteiger partial charge is 0.132 e. The zero-order chi connectivity index (χ0) is 13.8. The highest BCUT2D eigenvalue weighted by molar-refractivity contribution is 5.78. The first-order valence-corrected chi connectivity index (χ1v) is 8.55. The molecule has 1 unspecified atom stereocenters. The lowest BCUT2D eigenvalue weighted by Gasteiger charge is -2.07. The molecule has 0 amide bonds. The van der Waals surface area contributed by atoms with Gasteiger partial charge >= 0.3 is 0 Å². The van der Waals surface area contributed by atoms with Gasteiger partial charge < -0.3 is 5.32 Å². The van der Waals surface area contributed by atoms with E-state index in [-0.39, 0.29) is 0 Å². The summed E-state index contributed by atoms with van der Waals surface area (Å²) in [4.78, 5) is 11.8. The molecule has 1 rings (SSSR count). The summed E-state index contributed by atoms with van der Waals surface area (Å²) in [5, 5.41) is 3.37. The van der Waals surface area contributed by atoms with Gasteiger partial charge in [0.15, 0.2) is 0 Å². The largest absolute Gasteiger partial charge is 0.316 e. The van der Waals surface area contributed by atoms with Crippen LogP contribution in [0, 0.1) is 5.92 Å². The van der Waals surface area contributed by atoms with Gasteiger partial charge in [-0.3, -0.25) is 4.79 Å². The van der Waals surface area contributed by atoms with Gasteiger partial charge in [-0.25, -0.2) is 0 Å². The van der Waals surface area contributed by atoms with Crippen LogP contribution in [-0.2, 0) is 4.79 Å². The fourth-order valence-corrected chi connectivity index (χ4v) is 2.91. The molecule has 0 aromatic carbocycles. The van der Waals surface area contributed by atoms with E-state index in [4.69, 9.17) is 0 Å². The van der Waals surface area contributed by atoms with Gasteiger partial charge in [0.2, 0.25) is 0 Å². The van der Waals surface area contributed by atoms with Gasteiger partial charge in [-0.2, -0.15) is 0 Å². The number of carbonyl (C=O) groups excluding carboxylic acids is 1. The summed E-state index contributed by atoms with van der Waals surface area (Å²) in [6.45, 7) is 4.54. The summed E-state index contributed by atoms with van der Waals surface area (Å²) in [5.41, 5.74) is 0. The third-order valence-corrected chi connectivity index (χ3v) is 4.30. The molecule has 1 saturated heterocycles. The maximum absolute atomic E-state index is 11.8. The van der Waals surface area contributed by atoms with E-state index >= 15 is 0 Å². The Morgan fingerprint density at radius 3 is 2.32 bits per heavy atom. The number of nitrogens with one attached hydrogen (secondary N) is 1. The Labute approximate surface area is 119 Å². The van der Waals surface area contributed by atoms with E-state index in [0.717, 1.165) is 44.7 Å². The highest BCUT2D eigenvalue weighted by atomic mass is 16.1. The molecule has 19 heavy (non-hydrogen) atoms. The zero-order valence-corrected chi connectivity index (χ0v) is 12.9. The van der Waals surface area contributed by atoms with Crippen LogP contribution in [0.4, 0.5) is 0 Å². The van der Waals surface area contributed by atoms with E-state index in [0.29, 0.717) is 5.78 Å². The predicted molar refractivity (Wildman–Crippen MR) is 82.4 cm³/mol. The molecule has 0 aromatic heterocycles. The Balaban J connectivity index is 1.81. The first-order chi connectivity index (χ1) is 9.33. The molecule has 1 fully saturated rings. The minimum absolute atomic E-state index is 0.498. The molecule has 1 N–H and O–H groups in total. The fraction of sp³-hybridized carbons (Fsp3) is 0.941. The van der Waals surface area contributed by atoms with E-state index in [1.807, 2.05) is 0 Å². The van der Waals surface area contributed by atoms with E-state index < -0.39 is 0 Å². The molecular formula is C17H33NO. The Kier molecular flexibility index (Phi) is 10.1. The lowest BCUT2D eigenvalue weighted by molar-refractivity contribution is -0.119. The molecule has 1 heterocycles. The highest BCUT2D eigenvalue weighted by Crippen LogP contribution is 2.16. The van der Waals surface area contributed by atoms with Crippen molar-refractivity contribution < 1.29 is 4.79 Å². The summed E-state index contributed by atoms with van der Waals surface area (Å²) in [6, 6.07) is 0. The van der Waals surface area contributed by atoms with Crippen molar-refractivity contribution in [1.82, 2.24) is 5.32 Å². The average molecular weight is 267 g/mol. The van der Waals surface area contributed by atoms with E-state index in [1.54, 1.807) is 0 Å². The van der Waals surface area contributed by atoms with E-state index in [9.17, 15) is 4.79 Å². The fourth-order valence-electron chi connectivity index (χ4n) is 2.91. The van der Waals surface area contributed by atoms with Crippen LogP contribution in [0.15, 0.2) is 0 Å². The van der Waals surface area contributed by atoms with Crippen LogP contribution in [0.3, 0.4) is 0 Å². The van der Waals surface area contributed by atoms with Crippen molar-refractivity contribution in [2.75, 3.05) is 13.1 Å². The maximum atomic E-state index is 11.8. The summed E-state index contributed by atoms with van der Waals surface area (Å²) in [5.74, 6) is 1.26. The van der Waals surface area contributed by atoms with Gasteiger partial charge in [-0.15, -0.1) is 0 Å². The third kappa shape index (κ3) is 9.21. The number of hydrogen-bond donors (Lipinski definition) is 1. The Morgan fingerprint density at radius 2 is 1.68 bits per heavy atom. The molecular weight excluding hydrogens is 234 g/mol. The minimum atomic E-state index is 0.498. The van der Waals surface area contributed by atoms with Crippen molar-refractivity contribution in [2.45, 2.75) is 84.0 Å². The van der Waals surface area contributed by atoms with Crippen LogP contribution >= 0.6 is 0 Å². The van der Waals surface area contributed by atoms with Crippen molar-refractivity contribution in [3.05, 3.63) is 0 Å². The summed E-state index contributed by atoms with van der Waals surface area (Å²) < 4.78 is 0. The van der Waals surface area contributed by atoms with Crippen molar-refractivity contribution in [3.8, 4) is 0 Å². The number of Topliss-reactive ketones (excluding diaryl/α,β-unsaturated/α-hetero) is 1. The second kappa shape index (κ2) is 11.5. The molecule has 0 bridgehead atoms. The number of hydrogen-bond acceptors (Lipinski definition) is 2. The van der Waals surface area contributed by atoms with E-state index in [2.05, 4.69) is 12.2 Å². The Morgan fingerprint density at radius 1 is 1.00 bits per heavy atom. The number of unbranched alkanes of at least 4 members (excludes halogenated alkanes) is 7. The van der Waals surface area contributed by atoms with E-state index in [1.165, 1.54) is 51.4 Å². The normalized spacial score (nSPS) is 18.9. The molecule has 0 saturated carbocycles. The minimum Gasteiger partial charge on any atom is -0.316 e. The van der Waals surface area contributed by atoms with Crippen molar-refractivity contribution in [3.63, 3.8) is 0 Å². The molecule has 2 nitrogen and oxygen atoms in total. The highest BCUT2D eigenvalue weighted by Gasteiger charge is 2.15. The SMILES string of the molecule is CCCCCCCCCCC(=O)CCC1CCNC1. The lowest BCUT2D eigenvalue weighted by atomic mass is 9.98. The van der Waals surface area contributed by atoms with Gasteiger partial charge in [0, 0.05) is 12.8 Å². The van der Waals surface area contributed by atoms with Crippen LogP contribution < -0.4 is 5.32 Å². The number of rotatable bonds is 12. The quantitative estimate of drug-likeness (QED) is 0.528. The summed E-state index contributed by atoms with van der Waals surface area (Å²) in [6.07, 6.45) is 14.6. The Hall–Kier alpha value is -0.370. The molecule has 1 atom stereocenters. The average Bonchev–Trinajstić information content (AvgIpc) is 2.93. The lowest BCUT2D eigenvalue weighted by Crippen LogP contribution is -2.10. The zero-order valence-electron chi connectivity index (χ0n) is 12.9. The third-order valence-electron chi connectivity index (χ3n) is 4.30. The number of carbonyl (C=O) groups is 1. The van der Waals surface area contributed by atoms with Crippen molar-refractivity contribution >= 4 is 5.78 Å². The Bertz CT molecular complexity index is 221.